The van der Waals surface area contributed by atoms with Crippen molar-refractivity contribution in [3.63, 3.8) is 0 Å². The van der Waals surface area contributed by atoms with Crippen LogP contribution in [0.1, 0.15) is 19.9 Å². The van der Waals surface area contributed by atoms with Crippen LogP contribution in [0.5, 0.6) is 0 Å². The molecule has 1 heterocycles. The molecule has 0 N–H and O–H groups in total. The molecule has 0 radical (unpaired) electrons. The fraction of sp³-hybridized carbons (Fsp3) is 0.429. The predicted octanol–water partition coefficient (Wildman–Crippen LogP) is 2.24. The van der Waals surface area contributed by atoms with Crippen LogP contribution in [0.25, 0.3) is 0 Å². The van der Waals surface area contributed by atoms with Gasteiger partial charge in [-0.3, -0.25) is 4.79 Å². The van der Waals surface area contributed by atoms with E-state index in [2.05, 4.69) is 50.2 Å². The lowest BCUT2D eigenvalue weighted by molar-refractivity contribution is -0.119. The van der Waals surface area contributed by atoms with Crippen molar-refractivity contribution in [2.45, 2.75) is 19.9 Å². The molecule has 5 heteroatoms. The molecule has 0 fully saturated rings. The minimum Gasteiger partial charge on any atom is -0.315 e. The van der Waals surface area contributed by atoms with Gasteiger partial charge < -0.3 is 4.57 Å². The number of carbonyl (C=O) groups is 1. The van der Waals surface area contributed by atoms with Gasteiger partial charge in [-0.2, -0.15) is 0 Å². The first kappa shape index (κ1) is 10.4. The number of halogens is 2. The number of Topliss-reactive ketones (excluding diaryl/α,β-unsaturated/α-hetero) is 1. The third-order valence-electron chi connectivity index (χ3n) is 1.70. The van der Waals surface area contributed by atoms with E-state index in [0.29, 0.717) is 0 Å². The summed E-state index contributed by atoms with van der Waals surface area (Å²) in [6.07, 6.45) is 1.70. The molecule has 1 rings (SSSR count). The number of rotatable bonds is 2. The Kier molecular flexibility index (Phi) is 3.50. The maximum atomic E-state index is 11.1. The van der Waals surface area contributed by atoms with Gasteiger partial charge in [-0.25, -0.2) is 4.98 Å². The van der Waals surface area contributed by atoms with Crippen LogP contribution in [0.4, 0.5) is 0 Å². The van der Waals surface area contributed by atoms with E-state index in [1.165, 1.54) is 0 Å². The zero-order chi connectivity index (χ0) is 9.30. The second kappa shape index (κ2) is 4.03. The van der Waals surface area contributed by atoms with Crippen molar-refractivity contribution in [1.82, 2.24) is 9.55 Å². The molecule has 0 bridgehead atoms. The molecule has 1 atom stereocenters. The summed E-state index contributed by atoms with van der Waals surface area (Å²) in [6.45, 7) is 3.47. The molecule has 66 valence electrons. The van der Waals surface area contributed by atoms with E-state index >= 15 is 0 Å². The Balaban J connectivity index is 3.03. The number of carbonyl (C=O) groups excluding carboxylic acids is 1. The van der Waals surface area contributed by atoms with Crippen molar-refractivity contribution in [3.8, 4) is 0 Å². The number of ketones is 1. The van der Waals surface area contributed by atoms with Gasteiger partial charge in [-0.05, 0) is 59.0 Å². The molecule has 0 aliphatic rings. The topological polar surface area (TPSA) is 34.9 Å². The van der Waals surface area contributed by atoms with Crippen LogP contribution in [0.2, 0.25) is 0 Å². The SMILES string of the molecule is CC(=O)C(C)n1cnc(I)c1I. The Morgan fingerprint density at radius 3 is 2.58 bits per heavy atom. The van der Waals surface area contributed by atoms with Crippen molar-refractivity contribution in [1.29, 1.82) is 0 Å². The lowest BCUT2D eigenvalue weighted by Crippen LogP contribution is -2.13. The predicted molar refractivity (Wildman–Crippen MR) is 63.1 cm³/mol. The summed E-state index contributed by atoms with van der Waals surface area (Å²) in [5.41, 5.74) is 0. The van der Waals surface area contributed by atoms with Crippen LogP contribution in [0, 0.1) is 7.40 Å². The third kappa shape index (κ3) is 1.98. The third-order valence-corrected chi connectivity index (χ3v) is 4.59. The fourth-order valence-corrected chi connectivity index (χ4v) is 1.87. The molecule has 0 saturated carbocycles. The van der Waals surface area contributed by atoms with Crippen LogP contribution in [-0.2, 0) is 4.79 Å². The highest BCUT2D eigenvalue weighted by Crippen LogP contribution is 2.18. The van der Waals surface area contributed by atoms with Crippen LogP contribution in [-0.4, -0.2) is 15.3 Å². The maximum absolute atomic E-state index is 11.1. The van der Waals surface area contributed by atoms with E-state index in [9.17, 15) is 4.79 Å². The Hall–Kier alpha value is 0.340. The number of hydrogen-bond acceptors (Lipinski definition) is 2. The van der Waals surface area contributed by atoms with E-state index in [1.807, 2.05) is 11.5 Å². The van der Waals surface area contributed by atoms with Gasteiger partial charge in [0.15, 0.2) is 5.78 Å². The highest BCUT2D eigenvalue weighted by molar-refractivity contribution is 14.1. The number of imidazole rings is 1. The van der Waals surface area contributed by atoms with Gasteiger partial charge in [-0.15, -0.1) is 0 Å². The molecule has 0 aromatic carbocycles. The molecule has 0 saturated heterocycles. The smallest absolute Gasteiger partial charge is 0.152 e. The molecule has 1 aromatic heterocycles. The number of aromatic nitrogens is 2. The highest BCUT2D eigenvalue weighted by atomic mass is 127. The number of nitrogens with zero attached hydrogens (tertiary/aromatic N) is 2. The summed E-state index contributed by atoms with van der Waals surface area (Å²) in [4.78, 5) is 15.2. The first-order chi connectivity index (χ1) is 5.54. The molecule has 12 heavy (non-hydrogen) atoms. The minimum atomic E-state index is -0.104. The lowest BCUT2D eigenvalue weighted by atomic mass is 10.2. The molecule has 0 aliphatic carbocycles. The summed E-state index contributed by atoms with van der Waals surface area (Å²) in [7, 11) is 0. The van der Waals surface area contributed by atoms with Crippen molar-refractivity contribution < 1.29 is 4.79 Å². The van der Waals surface area contributed by atoms with Crippen LogP contribution >= 0.6 is 45.2 Å². The number of hydrogen-bond donors (Lipinski definition) is 0. The highest BCUT2D eigenvalue weighted by Gasteiger charge is 2.14. The average Bonchev–Trinajstić information content (AvgIpc) is 2.32. The summed E-state index contributed by atoms with van der Waals surface area (Å²) in [5.74, 6) is 0.154. The minimum absolute atomic E-state index is 0.104. The summed E-state index contributed by atoms with van der Waals surface area (Å²) >= 11 is 4.34. The van der Waals surface area contributed by atoms with Gasteiger partial charge in [0.2, 0.25) is 0 Å². The Morgan fingerprint density at radius 2 is 2.25 bits per heavy atom. The van der Waals surface area contributed by atoms with Gasteiger partial charge in [0.05, 0.1) is 12.4 Å². The summed E-state index contributed by atoms with van der Waals surface area (Å²) in [6, 6.07) is -0.104. The monoisotopic (exact) mass is 390 g/mol. The zero-order valence-electron chi connectivity index (χ0n) is 6.71. The Labute approximate surface area is 98.2 Å². The maximum Gasteiger partial charge on any atom is 0.152 e. The molecule has 0 aliphatic heterocycles. The molecular weight excluding hydrogens is 382 g/mol. The van der Waals surface area contributed by atoms with Gasteiger partial charge in [-0.1, -0.05) is 0 Å². The summed E-state index contributed by atoms with van der Waals surface area (Å²) in [5, 5.41) is 0. The second-order valence-corrected chi connectivity index (χ2v) is 4.56. The zero-order valence-corrected chi connectivity index (χ0v) is 11.0. The van der Waals surface area contributed by atoms with Crippen molar-refractivity contribution in [2.75, 3.05) is 0 Å². The van der Waals surface area contributed by atoms with Gasteiger partial charge in [0.1, 0.15) is 7.40 Å². The Morgan fingerprint density at radius 1 is 1.67 bits per heavy atom. The lowest BCUT2D eigenvalue weighted by Gasteiger charge is -2.09. The van der Waals surface area contributed by atoms with E-state index < -0.39 is 0 Å². The van der Waals surface area contributed by atoms with Crippen molar-refractivity contribution in [3.05, 3.63) is 13.7 Å². The van der Waals surface area contributed by atoms with E-state index in [-0.39, 0.29) is 11.8 Å². The van der Waals surface area contributed by atoms with Gasteiger partial charge in [0, 0.05) is 0 Å². The van der Waals surface area contributed by atoms with E-state index in [1.54, 1.807) is 13.3 Å². The first-order valence-electron chi connectivity index (χ1n) is 3.42. The van der Waals surface area contributed by atoms with E-state index in [0.717, 1.165) is 7.40 Å². The average molecular weight is 390 g/mol. The molecule has 1 aromatic rings. The van der Waals surface area contributed by atoms with E-state index in [4.69, 9.17) is 0 Å². The molecular formula is C7H8I2N2O. The summed E-state index contributed by atoms with van der Waals surface area (Å²) < 4.78 is 3.85. The van der Waals surface area contributed by atoms with Crippen LogP contribution in [0.3, 0.4) is 0 Å². The van der Waals surface area contributed by atoms with Gasteiger partial charge in [0.25, 0.3) is 0 Å². The largest absolute Gasteiger partial charge is 0.315 e. The molecule has 0 spiro atoms. The molecule has 0 amide bonds. The standard InChI is InChI=1S/C7H8I2N2O/c1-4(5(2)12)11-3-10-6(8)7(11)9/h3-4H,1-2H3. The van der Waals surface area contributed by atoms with Crippen molar-refractivity contribution in [2.24, 2.45) is 0 Å². The second-order valence-electron chi connectivity index (χ2n) is 2.52. The Bertz CT molecular complexity index is 308. The van der Waals surface area contributed by atoms with Crippen molar-refractivity contribution >= 4 is 51.0 Å². The first-order valence-corrected chi connectivity index (χ1v) is 5.58. The van der Waals surface area contributed by atoms with Crippen LogP contribution in [0.15, 0.2) is 6.33 Å². The van der Waals surface area contributed by atoms with Gasteiger partial charge >= 0.3 is 0 Å². The van der Waals surface area contributed by atoms with Crippen LogP contribution < -0.4 is 0 Å². The molecule has 3 nitrogen and oxygen atoms in total. The fourth-order valence-electron chi connectivity index (χ4n) is 0.789. The molecule has 1 unspecified atom stereocenters. The quantitative estimate of drug-likeness (QED) is 0.727. The normalized spacial score (nSPS) is 13.0.